The number of hydrogen-bond acceptors (Lipinski definition) is 5. The monoisotopic (exact) mass is 379 g/mol. The highest BCUT2D eigenvalue weighted by Gasteiger charge is 2.09. The average Bonchev–Trinajstić information content (AvgIpc) is 3.22. The van der Waals surface area contributed by atoms with E-state index in [9.17, 15) is 9.59 Å². The summed E-state index contributed by atoms with van der Waals surface area (Å²) in [4.78, 5) is 29.8. The van der Waals surface area contributed by atoms with E-state index in [4.69, 9.17) is 0 Å². The molecule has 0 saturated heterocycles. The van der Waals surface area contributed by atoms with Crippen LogP contribution < -0.4 is 10.6 Å². The summed E-state index contributed by atoms with van der Waals surface area (Å²) in [5.41, 5.74) is 2.54. The molecular weight excluding hydrogens is 362 g/mol. The predicted molar refractivity (Wildman–Crippen MR) is 108 cm³/mol. The van der Waals surface area contributed by atoms with Gasteiger partial charge in [0.1, 0.15) is 7.11 Å². The minimum atomic E-state index is -0.244. The van der Waals surface area contributed by atoms with Gasteiger partial charge in [0, 0.05) is 16.9 Å². The summed E-state index contributed by atoms with van der Waals surface area (Å²) >= 11 is 1.37. The summed E-state index contributed by atoms with van der Waals surface area (Å²) in [6.07, 6.45) is 1.56. The Morgan fingerprint density at radius 2 is 1.67 bits per heavy atom. The summed E-state index contributed by atoms with van der Waals surface area (Å²) in [5.74, 6) is -0.422. The van der Waals surface area contributed by atoms with Gasteiger partial charge in [-0.25, -0.2) is 0 Å². The van der Waals surface area contributed by atoms with E-state index in [0.29, 0.717) is 21.8 Å². The first-order valence-corrected chi connectivity index (χ1v) is 8.96. The van der Waals surface area contributed by atoms with Gasteiger partial charge in [0.25, 0.3) is 11.8 Å². The lowest BCUT2D eigenvalue weighted by atomic mass is 10.1. The zero-order chi connectivity index (χ0) is 19.1. The minimum Gasteiger partial charge on any atom is -0.399 e. The van der Waals surface area contributed by atoms with E-state index in [0.717, 1.165) is 5.56 Å². The first-order valence-electron chi connectivity index (χ1n) is 8.08. The highest BCUT2D eigenvalue weighted by molar-refractivity contribution is 7.12. The van der Waals surface area contributed by atoms with Gasteiger partial charge in [0.05, 0.1) is 11.1 Å². The van der Waals surface area contributed by atoms with Crippen LogP contribution in [0.4, 0.5) is 11.4 Å². The third kappa shape index (κ3) is 5.02. The van der Waals surface area contributed by atoms with Crippen LogP contribution in [0.25, 0.3) is 0 Å². The summed E-state index contributed by atoms with van der Waals surface area (Å²) < 4.78 is 0. The van der Waals surface area contributed by atoms with Crippen LogP contribution >= 0.6 is 11.3 Å². The van der Waals surface area contributed by atoms with E-state index in [1.54, 1.807) is 60.8 Å². The Hall–Kier alpha value is -3.45. The standard InChI is InChI=1S/C20H17N3O3S/c1-26-21-13-14-7-9-15(10-8-14)19(24)22-16-4-2-5-17(12-16)23-20(25)18-6-3-11-27-18/h2-13H,1H3,(H,22,24)(H,23,25)/b21-13+. The maximum atomic E-state index is 12.4. The van der Waals surface area contributed by atoms with Gasteiger partial charge in [-0.2, -0.15) is 0 Å². The van der Waals surface area contributed by atoms with Gasteiger partial charge in [0.15, 0.2) is 0 Å². The first kappa shape index (κ1) is 18.3. The van der Waals surface area contributed by atoms with Crippen LogP contribution in [-0.4, -0.2) is 25.1 Å². The van der Waals surface area contributed by atoms with Gasteiger partial charge in [-0.1, -0.05) is 29.4 Å². The molecule has 0 bridgehead atoms. The zero-order valence-electron chi connectivity index (χ0n) is 14.5. The number of hydrogen-bond donors (Lipinski definition) is 2. The number of thiophene rings is 1. The number of nitrogens with zero attached hydrogens (tertiary/aromatic N) is 1. The molecule has 0 radical (unpaired) electrons. The molecule has 0 saturated carbocycles. The topological polar surface area (TPSA) is 79.8 Å². The molecule has 0 unspecified atom stereocenters. The molecule has 6 nitrogen and oxygen atoms in total. The summed E-state index contributed by atoms with van der Waals surface area (Å²) in [7, 11) is 1.47. The third-order valence-electron chi connectivity index (χ3n) is 3.60. The molecule has 1 aromatic heterocycles. The number of amides is 2. The molecule has 136 valence electrons. The first-order chi connectivity index (χ1) is 13.2. The van der Waals surface area contributed by atoms with Crippen molar-refractivity contribution in [2.24, 2.45) is 5.16 Å². The Labute approximate surface area is 160 Å². The van der Waals surface area contributed by atoms with Gasteiger partial charge in [-0.15, -0.1) is 11.3 Å². The lowest BCUT2D eigenvalue weighted by Crippen LogP contribution is -2.13. The molecule has 3 rings (SSSR count). The largest absolute Gasteiger partial charge is 0.399 e. The SMILES string of the molecule is CO/N=C/c1ccc(C(=O)Nc2cccc(NC(=O)c3cccs3)c2)cc1. The van der Waals surface area contributed by atoms with Crippen LogP contribution in [0.3, 0.4) is 0 Å². The molecule has 2 amide bonds. The molecule has 1 heterocycles. The summed E-state index contributed by atoms with van der Waals surface area (Å²) in [5, 5.41) is 11.2. The number of oxime groups is 1. The van der Waals surface area contributed by atoms with E-state index in [2.05, 4.69) is 20.6 Å². The molecule has 7 heteroatoms. The van der Waals surface area contributed by atoms with Gasteiger partial charge in [-0.05, 0) is 47.3 Å². The summed E-state index contributed by atoms with van der Waals surface area (Å²) in [6, 6.07) is 17.5. The van der Waals surface area contributed by atoms with Crippen molar-refractivity contribution in [3.8, 4) is 0 Å². The second-order valence-electron chi connectivity index (χ2n) is 5.51. The Morgan fingerprint density at radius 1 is 0.963 bits per heavy atom. The maximum absolute atomic E-state index is 12.4. The molecule has 0 aliphatic heterocycles. The van der Waals surface area contributed by atoms with Crippen molar-refractivity contribution in [3.05, 3.63) is 82.0 Å². The van der Waals surface area contributed by atoms with Crippen LogP contribution in [0.2, 0.25) is 0 Å². The predicted octanol–water partition coefficient (Wildman–Crippen LogP) is 4.23. The number of nitrogens with one attached hydrogen (secondary N) is 2. The van der Waals surface area contributed by atoms with Crippen molar-refractivity contribution >= 4 is 40.7 Å². The van der Waals surface area contributed by atoms with E-state index < -0.39 is 0 Å². The molecule has 3 aromatic rings. The lowest BCUT2D eigenvalue weighted by molar-refractivity contribution is 0.102. The molecule has 2 aromatic carbocycles. The number of carbonyl (C=O) groups is 2. The molecule has 27 heavy (non-hydrogen) atoms. The second-order valence-corrected chi connectivity index (χ2v) is 6.45. The zero-order valence-corrected chi connectivity index (χ0v) is 15.3. The Balaban J connectivity index is 1.66. The van der Waals surface area contributed by atoms with Crippen LogP contribution in [0, 0.1) is 0 Å². The fraction of sp³-hybridized carbons (Fsp3) is 0.0500. The summed E-state index contributed by atoms with van der Waals surface area (Å²) in [6.45, 7) is 0. The van der Waals surface area contributed by atoms with Gasteiger partial charge < -0.3 is 15.5 Å². The molecular formula is C20H17N3O3S. The Kier molecular flexibility index (Phi) is 5.96. The van der Waals surface area contributed by atoms with E-state index in [1.807, 2.05) is 11.4 Å². The maximum Gasteiger partial charge on any atom is 0.265 e. The molecule has 0 spiro atoms. The number of carbonyl (C=O) groups excluding carboxylic acids is 2. The third-order valence-corrected chi connectivity index (χ3v) is 4.47. The normalized spacial score (nSPS) is 10.6. The van der Waals surface area contributed by atoms with Gasteiger partial charge in [0.2, 0.25) is 0 Å². The Bertz CT molecular complexity index is 951. The molecule has 0 atom stereocenters. The molecule has 2 N–H and O–H groups in total. The Morgan fingerprint density at radius 3 is 2.30 bits per heavy atom. The van der Waals surface area contributed by atoms with Crippen molar-refractivity contribution < 1.29 is 14.4 Å². The van der Waals surface area contributed by atoms with Gasteiger partial charge in [-0.3, -0.25) is 9.59 Å². The van der Waals surface area contributed by atoms with Crippen LogP contribution in [0.15, 0.2) is 71.2 Å². The number of benzene rings is 2. The van der Waals surface area contributed by atoms with Crippen LogP contribution in [0.1, 0.15) is 25.6 Å². The fourth-order valence-electron chi connectivity index (χ4n) is 2.31. The quantitative estimate of drug-likeness (QED) is 0.497. The van der Waals surface area contributed by atoms with Crippen molar-refractivity contribution in [1.29, 1.82) is 0 Å². The average molecular weight is 379 g/mol. The van der Waals surface area contributed by atoms with E-state index >= 15 is 0 Å². The smallest absolute Gasteiger partial charge is 0.265 e. The van der Waals surface area contributed by atoms with Crippen molar-refractivity contribution in [1.82, 2.24) is 0 Å². The molecule has 0 aliphatic carbocycles. The number of rotatable bonds is 6. The van der Waals surface area contributed by atoms with E-state index in [-0.39, 0.29) is 11.8 Å². The number of anilines is 2. The van der Waals surface area contributed by atoms with Crippen molar-refractivity contribution in [2.45, 2.75) is 0 Å². The second kappa shape index (κ2) is 8.77. The van der Waals surface area contributed by atoms with Crippen LogP contribution in [0.5, 0.6) is 0 Å². The van der Waals surface area contributed by atoms with Crippen LogP contribution in [-0.2, 0) is 4.84 Å². The molecule has 0 aliphatic rings. The lowest BCUT2D eigenvalue weighted by Gasteiger charge is -2.08. The molecule has 0 fully saturated rings. The van der Waals surface area contributed by atoms with Crippen molar-refractivity contribution in [2.75, 3.05) is 17.7 Å². The highest BCUT2D eigenvalue weighted by atomic mass is 32.1. The minimum absolute atomic E-state index is 0.179. The van der Waals surface area contributed by atoms with Crippen molar-refractivity contribution in [3.63, 3.8) is 0 Å². The fourth-order valence-corrected chi connectivity index (χ4v) is 2.93. The highest BCUT2D eigenvalue weighted by Crippen LogP contribution is 2.18. The van der Waals surface area contributed by atoms with E-state index in [1.165, 1.54) is 18.4 Å². The van der Waals surface area contributed by atoms with Gasteiger partial charge >= 0.3 is 0 Å².